The Balaban J connectivity index is 1.12. The predicted octanol–water partition coefficient (Wildman–Crippen LogP) is 11.9. The van der Waals surface area contributed by atoms with Crippen LogP contribution in [-0.4, -0.2) is 5.84 Å². The molecule has 1 aliphatic carbocycles. The molecule has 0 radical (unpaired) electrons. The molecule has 0 saturated heterocycles. The zero-order chi connectivity index (χ0) is 33.5. The van der Waals surface area contributed by atoms with Gasteiger partial charge in [-0.1, -0.05) is 97.1 Å². The highest BCUT2D eigenvalue weighted by atomic mass is 32.1. The van der Waals surface area contributed by atoms with Gasteiger partial charge in [-0.25, -0.2) is 4.99 Å². The second-order valence-electron chi connectivity index (χ2n) is 13.5. The summed E-state index contributed by atoms with van der Waals surface area (Å²) in [6, 6.07) is 42.8. The van der Waals surface area contributed by atoms with Gasteiger partial charge in [-0.2, -0.15) is 0 Å². The summed E-state index contributed by atoms with van der Waals surface area (Å²) in [6.07, 6.45) is 8.20. The summed E-state index contributed by atoms with van der Waals surface area (Å²) in [5.74, 6) is 0.822. The molecule has 51 heavy (non-hydrogen) atoms. The Morgan fingerprint density at radius 2 is 1.45 bits per heavy atom. The Hall–Kier alpha value is -5.95. The number of thiophene rings is 1. The van der Waals surface area contributed by atoms with Crippen LogP contribution in [0.25, 0.3) is 69.6 Å². The lowest BCUT2D eigenvalue weighted by Gasteiger charge is -2.32. The molecule has 0 fully saturated rings. The Morgan fingerprint density at radius 3 is 2.31 bits per heavy atom. The molecule has 2 aliphatic rings. The second kappa shape index (κ2) is 11.3. The van der Waals surface area contributed by atoms with Crippen molar-refractivity contribution in [2.75, 3.05) is 0 Å². The summed E-state index contributed by atoms with van der Waals surface area (Å²) in [4.78, 5) is 5.37. The number of aliphatic imine (C=N–C) groups is 1. The quantitative estimate of drug-likeness (QED) is 0.195. The Morgan fingerprint density at radius 1 is 0.667 bits per heavy atom. The smallest absolute Gasteiger partial charge is 0.144 e. The van der Waals surface area contributed by atoms with E-state index in [-0.39, 0.29) is 12.3 Å². The van der Waals surface area contributed by atoms with E-state index in [1.165, 1.54) is 31.5 Å². The van der Waals surface area contributed by atoms with Crippen LogP contribution in [0, 0.1) is 0 Å². The van der Waals surface area contributed by atoms with Gasteiger partial charge in [-0.05, 0) is 72.0 Å². The van der Waals surface area contributed by atoms with Gasteiger partial charge in [-0.3, -0.25) is 5.32 Å². The van der Waals surface area contributed by atoms with Crippen molar-refractivity contribution < 1.29 is 8.83 Å². The second-order valence-corrected chi connectivity index (χ2v) is 14.5. The molecule has 1 aliphatic heterocycles. The summed E-state index contributed by atoms with van der Waals surface area (Å²) in [6.45, 7) is 0. The number of nitrogens with one attached hydrogen (secondary N) is 2. The normalized spacial score (nSPS) is 17.9. The van der Waals surface area contributed by atoms with Gasteiger partial charge in [0, 0.05) is 52.8 Å². The van der Waals surface area contributed by atoms with Crippen molar-refractivity contribution in [1.82, 2.24) is 10.6 Å². The number of amidine groups is 1. The molecule has 4 heterocycles. The number of para-hydroxylation sites is 2. The summed E-state index contributed by atoms with van der Waals surface area (Å²) >= 11 is 1.82. The Kier molecular flexibility index (Phi) is 6.38. The molecule has 0 amide bonds. The summed E-state index contributed by atoms with van der Waals surface area (Å²) in [5, 5.41) is 14.6. The molecule has 5 nitrogen and oxygen atoms in total. The lowest BCUT2D eigenvalue weighted by molar-refractivity contribution is 0.411. The van der Waals surface area contributed by atoms with Gasteiger partial charge in [0.1, 0.15) is 40.5 Å². The maximum Gasteiger partial charge on any atom is 0.144 e. The van der Waals surface area contributed by atoms with Gasteiger partial charge in [0.2, 0.25) is 0 Å². The molecule has 0 spiro atoms. The van der Waals surface area contributed by atoms with Crippen LogP contribution >= 0.6 is 11.3 Å². The highest BCUT2D eigenvalue weighted by molar-refractivity contribution is 7.26. The van der Waals surface area contributed by atoms with Crippen molar-refractivity contribution in [3.8, 4) is 0 Å². The Bertz CT molecular complexity index is 2960. The molecule has 2 atom stereocenters. The van der Waals surface area contributed by atoms with E-state index in [9.17, 15) is 0 Å². The van der Waals surface area contributed by atoms with Gasteiger partial charge in [0.25, 0.3) is 0 Å². The molecule has 0 bridgehead atoms. The monoisotopic (exact) mass is 677 g/mol. The molecule has 6 aromatic carbocycles. The lowest BCUT2D eigenvalue weighted by atomic mass is 9.95. The van der Waals surface area contributed by atoms with Crippen molar-refractivity contribution >= 4 is 86.8 Å². The molecule has 2 N–H and O–H groups in total. The first-order chi connectivity index (χ1) is 25.2. The van der Waals surface area contributed by atoms with Crippen LogP contribution in [0.3, 0.4) is 0 Å². The number of furan rings is 2. The van der Waals surface area contributed by atoms with Crippen LogP contribution in [-0.2, 0) is 0 Å². The molecule has 244 valence electrons. The molecule has 6 heteroatoms. The van der Waals surface area contributed by atoms with Gasteiger partial charge < -0.3 is 14.2 Å². The van der Waals surface area contributed by atoms with Crippen LogP contribution in [0.5, 0.6) is 0 Å². The van der Waals surface area contributed by atoms with Crippen molar-refractivity contribution in [3.63, 3.8) is 0 Å². The minimum atomic E-state index is -0.293. The number of fused-ring (bicyclic) bond motifs is 10. The van der Waals surface area contributed by atoms with E-state index in [1.807, 2.05) is 29.5 Å². The number of hydrogen-bond acceptors (Lipinski definition) is 6. The SMILES string of the molecule is C1=CCCC(c2cccc(C3N=C(c4ccc5c(c4)oc4ccccc45)NC(c4cc5c6ccccc6oc5c5c4sc4ccccc45)N3)c2)=C1. The van der Waals surface area contributed by atoms with Crippen LogP contribution < -0.4 is 10.6 Å². The number of benzene rings is 6. The zero-order valence-corrected chi connectivity index (χ0v) is 28.3. The van der Waals surface area contributed by atoms with Gasteiger partial charge in [0.05, 0.1) is 0 Å². The third-order valence-electron chi connectivity index (χ3n) is 10.4. The number of nitrogens with zero attached hydrogens (tertiary/aromatic N) is 1. The molecule has 11 rings (SSSR count). The first-order valence-electron chi connectivity index (χ1n) is 17.5. The molecule has 2 unspecified atom stereocenters. The minimum absolute atomic E-state index is 0.247. The average Bonchev–Trinajstić information content (AvgIpc) is 3.89. The summed E-state index contributed by atoms with van der Waals surface area (Å²) in [5.41, 5.74) is 9.44. The van der Waals surface area contributed by atoms with Crippen LogP contribution in [0.4, 0.5) is 0 Å². The standard InChI is InChI=1S/C45H31N3O2S/c1-2-11-26(12-3-1)27-13-10-14-28(23-27)43-46-44(29-21-22-32-30-15-4-7-18-36(30)49-38(32)24-29)48-45(47-43)35-25-34-31-16-5-8-19-37(31)50-41(34)40-33-17-6-9-20-39(33)51-42(35)40/h1-2,4-11,13-25,43,45,47H,3,12H2,(H,46,48). The van der Waals surface area contributed by atoms with Gasteiger partial charge in [-0.15, -0.1) is 11.3 Å². The summed E-state index contributed by atoms with van der Waals surface area (Å²) in [7, 11) is 0. The minimum Gasteiger partial charge on any atom is -0.456 e. The number of allylic oxidation sites excluding steroid dienone is 4. The maximum atomic E-state index is 6.61. The van der Waals surface area contributed by atoms with E-state index >= 15 is 0 Å². The van der Waals surface area contributed by atoms with Crippen molar-refractivity contribution in [1.29, 1.82) is 0 Å². The molecular formula is C45H31N3O2S. The third-order valence-corrected chi connectivity index (χ3v) is 11.7. The third kappa shape index (κ3) is 4.61. The molecule has 0 saturated carbocycles. The molecule has 9 aromatic rings. The molecule has 3 aromatic heterocycles. The number of rotatable bonds is 4. The maximum absolute atomic E-state index is 6.61. The highest BCUT2D eigenvalue weighted by Crippen LogP contribution is 2.45. The summed E-state index contributed by atoms with van der Waals surface area (Å²) < 4.78 is 15.4. The first-order valence-corrected chi connectivity index (χ1v) is 18.3. The fourth-order valence-electron chi connectivity index (χ4n) is 7.96. The average molecular weight is 678 g/mol. The van der Waals surface area contributed by atoms with Crippen LogP contribution in [0.2, 0.25) is 0 Å². The lowest BCUT2D eigenvalue weighted by Crippen LogP contribution is -2.45. The van der Waals surface area contributed by atoms with Crippen molar-refractivity contribution in [3.05, 3.63) is 162 Å². The zero-order valence-electron chi connectivity index (χ0n) is 27.5. The van der Waals surface area contributed by atoms with E-state index in [0.29, 0.717) is 0 Å². The highest BCUT2D eigenvalue weighted by Gasteiger charge is 2.30. The van der Waals surface area contributed by atoms with E-state index < -0.39 is 0 Å². The first kappa shape index (κ1) is 28.8. The molecular weight excluding hydrogens is 647 g/mol. The van der Waals surface area contributed by atoms with E-state index in [4.69, 9.17) is 13.8 Å². The predicted molar refractivity (Wildman–Crippen MR) is 211 cm³/mol. The fourth-order valence-corrected chi connectivity index (χ4v) is 9.21. The Labute approximate surface area is 297 Å². The van der Waals surface area contributed by atoms with Crippen LogP contribution in [0.15, 0.2) is 153 Å². The van der Waals surface area contributed by atoms with Crippen molar-refractivity contribution in [2.24, 2.45) is 4.99 Å². The van der Waals surface area contributed by atoms with Crippen molar-refractivity contribution in [2.45, 2.75) is 25.2 Å². The van der Waals surface area contributed by atoms with Gasteiger partial charge in [0.15, 0.2) is 0 Å². The number of hydrogen-bond donors (Lipinski definition) is 2. The largest absolute Gasteiger partial charge is 0.456 e. The van der Waals surface area contributed by atoms with Crippen LogP contribution in [0.1, 0.15) is 47.4 Å². The van der Waals surface area contributed by atoms with E-state index in [0.717, 1.165) is 79.1 Å². The topological polar surface area (TPSA) is 62.7 Å². The van der Waals surface area contributed by atoms with E-state index in [2.05, 4.69) is 132 Å². The van der Waals surface area contributed by atoms with Gasteiger partial charge >= 0.3 is 0 Å². The van der Waals surface area contributed by atoms with E-state index in [1.54, 1.807) is 0 Å². The fraction of sp³-hybridized carbons (Fsp3) is 0.0889.